The first-order valence-electron chi connectivity index (χ1n) is 7.19. The predicted molar refractivity (Wildman–Crippen MR) is 77.8 cm³/mol. The third-order valence-corrected chi connectivity index (χ3v) is 3.76. The Labute approximate surface area is 115 Å². The van der Waals surface area contributed by atoms with E-state index in [1.165, 1.54) is 11.1 Å². The van der Waals surface area contributed by atoms with Gasteiger partial charge in [-0.25, -0.2) is 0 Å². The van der Waals surface area contributed by atoms with Gasteiger partial charge >= 0.3 is 0 Å². The fourth-order valence-corrected chi connectivity index (χ4v) is 2.74. The molecule has 0 bridgehead atoms. The van der Waals surface area contributed by atoms with Gasteiger partial charge in [0.05, 0.1) is 6.04 Å². The normalized spacial score (nSPS) is 19.9. The maximum Gasteiger partial charge on any atom is 0.237 e. The Hall–Kier alpha value is -1.35. The first-order chi connectivity index (χ1) is 9.06. The van der Waals surface area contributed by atoms with Gasteiger partial charge in [-0.05, 0) is 42.7 Å². The second kappa shape index (κ2) is 6.20. The molecule has 2 rings (SSSR count). The van der Waals surface area contributed by atoms with Gasteiger partial charge in [0.15, 0.2) is 0 Å². The minimum absolute atomic E-state index is 0.00178. The molecule has 1 amide bonds. The van der Waals surface area contributed by atoms with E-state index in [2.05, 4.69) is 43.4 Å². The second-order valence-corrected chi connectivity index (χ2v) is 5.95. The van der Waals surface area contributed by atoms with Crippen LogP contribution >= 0.6 is 0 Å². The fraction of sp³-hybridized carbons (Fsp3) is 0.562. The van der Waals surface area contributed by atoms with Crippen LogP contribution in [-0.2, 0) is 17.6 Å². The van der Waals surface area contributed by atoms with Crippen molar-refractivity contribution in [3.63, 3.8) is 0 Å². The number of nitrogens with two attached hydrogens (primary N) is 1. The Kier molecular flexibility index (Phi) is 4.59. The molecule has 0 aliphatic heterocycles. The Bertz CT molecular complexity index is 442. The van der Waals surface area contributed by atoms with Crippen LogP contribution in [0.1, 0.15) is 37.8 Å². The molecule has 0 saturated carbocycles. The summed E-state index contributed by atoms with van der Waals surface area (Å²) in [6, 6.07) is 8.33. The average Bonchev–Trinajstić information content (AvgIpc) is 2.37. The highest BCUT2D eigenvalue weighted by molar-refractivity contribution is 5.81. The zero-order valence-electron chi connectivity index (χ0n) is 11.9. The summed E-state index contributed by atoms with van der Waals surface area (Å²) in [4.78, 5) is 12.0. The molecule has 1 unspecified atom stereocenters. The minimum atomic E-state index is -0.378. The minimum Gasteiger partial charge on any atom is -0.352 e. The molecule has 1 aliphatic rings. The summed E-state index contributed by atoms with van der Waals surface area (Å²) >= 11 is 0. The van der Waals surface area contributed by atoms with Crippen molar-refractivity contribution in [1.29, 1.82) is 0 Å². The Morgan fingerprint density at radius 2 is 2.05 bits per heavy atom. The number of rotatable bonds is 4. The number of nitrogens with one attached hydrogen (secondary N) is 1. The molecular weight excluding hydrogens is 236 g/mol. The lowest BCUT2D eigenvalue weighted by atomic mass is 9.88. The molecule has 104 valence electrons. The van der Waals surface area contributed by atoms with Crippen LogP contribution in [0.4, 0.5) is 0 Å². The van der Waals surface area contributed by atoms with Crippen molar-refractivity contribution in [1.82, 2.24) is 5.32 Å². The standard InChI is InChI=1S/C16H24N2O/c1-11(2)9-15(17)16(19)18-14-8-7-12-5-3-4-6-13(12)10-14/h3-6,11,14-15H,7-10,17H2,1-2H3,(H,18,19)/t14?,15-/m1/s1. The Morgan fingerprint density at radius 1 is 1.37 bits per heavy atom. The molecule has 1 aromatic rings. The molecule has 0 spiro atoms. The second-order valence-electron chi connectivity index (χ2n) is 5.95. The van der Waals surface area contributed by atoms with Crippen LogP contribution in [0, 0.1) is 5.92 Å². The van der Waals surface area contributed by atoms with Crippen molar-refractivity contribution in [2.45, 2.75) is 51.6 Å². The van der Waals surface area contributed by atoms with Gasteiger partial charge in [0.25, 0.3) is 0 Å². The predicted octanol–water partition coefficient (Wildman–Crippen LogP) is 2.03. The monoisotopic (exact) mass is 260 g/mol. The summed E-state index contributed by atoms with van der Waals surface area (Å²) in [7, 11) is 0. The van der Waals surface area contributed by atoms with E-state index >= 15 is 0 Å². The van der Waals surface area contributed by atoms with Crippen molar-refractivity contribution in [2.24, 2.45) is 11.7 Å². The van der Waals surface area contributed by atoms with E-state index in [1.807, 2.05) is 0 Å². The molecule has 0 aromatic heterocycles. The van der Waals surface area contributed by atoms with Gasteiger partial charge in [-0.2, -0.15) is 0 Å². The van der Waals surface area contributed by atoms with Gasteiger partial charge in [0, 0.05) is 6.04 Å². The summed E-state index contributed by atoms with van der Waals surface area (Å²) in [6.07, 6.45) is 3.73. The van der Waals surface area contributed by atoms with E-state index in [1.54, 1.807) is 0 Å². The fourth-order valence-electron chi connectivity index (χ4n) is 2.74. The molecule has 19 heavy (non-hydrogen) atoms. The largest absolute Gasteiger partial charge is 0.352 e. The molecule has 3 nitrogen and oxygen atoms in total. The number of amides is 1. The van der Waals surface area contributed by atoms with Crippen molar-refractivity contribution >= 4 is 5.91 Å². The Balaban J connectivity index is 1.90. The lowest BCUT2D eigenvalue weighted by Crippen LogP contribution is -2.47. The van der Waals surface area contributed by atoms with Crippen molar-refractivity contribution in [3.8, 4) is 0 Å². The summed E-state index contributed by atoms with van der Waals surface area (Å²) in [5.74, 6) is 0.450. The molecule has 1 aromatic carbocycles. The molecule has 3 heteroatoms. The number of fused-ring (bicyclic) bond motifs is 1. The molecule has 0 fully saturated rings. The average molecular weight is 260 g/mol. The SMILES string of the molecule is CC(C)C[C@@H](N)C(=O)NC1CCc2ccccc2C1. The maximum absolute atomic E-state index is 12.0. The van der Waals surface area contributed by atoms with Crippen LogP contribution in [0.15, 0.2) is 24.3 Å². The van der Waals surface area contributed by atoms with E-state index in [0.717, 1.165) is 25.7 Å². The number of hydrogen-bond acceptors (Lipinski definition) is 2. The van der Waals surface area contributed by atoms with Gasteiger partial charge in [-0.15, -0.1) is 0 Å². The lowest BCUT2D eigenvalue weighted by molar-refractivity contribution is -0.123. The van der Waals surface area contributed by atoms with Crippen LogP contribution in [0.2, 0.25) is 0 Å². The lowest BCUT2D eigenvalue weighted by Gasteiger charge is -2.27. The van der Waals surface area contributed by atoms with Crippen molar-refractivity contribution in [3.05, 3.63) is 35.4 Å². The third kappa shape index (κ3) is 3.80. The van der Waals surface area contributed by atoms with E-state index in [-0.39, 0.29) is 18.0 Å². The zero-order chi connectivity index (χ0) is 13.8. The van der Waals surface area contributed by atoms with Crippen LogP contribution < -0.4 is 11.1 Å². The number of aryl methyl sites for hydroxylation is 1. The number of hydrogen-bond donors (Lipinski definition) is 2. The number of carbonyl (C=O) groups is 1. The van der Waals surface area contributed by atoms with Crippen LogP contribution in [-0.4, -0.2) is 18.0 Å². The van der Waals surface area contributed by atoms with E-state index in [9.17, 15) is 4.79 Å². The topological polar surface area (TPSA) is 55.1 Å². The van der Waals surface area contributed by atoms with E-state index < -0.39 is 0 Å². The summed E-state index contributed by atoms with van der Waals surface area (Å²) in [5.41, 5.74) is 8.69. The third-order valence-electron chi connectivity index (χ3n) is 3.76. The molecular formula is C16H24N2O. The molecule has 0 saturated heterocycles. The highest BCUT2D eigenvalue weighted by atomic mass is 16.2. The molecule has 1 aliphatic carbocycles. The van der Waals surface area contributed by atoms with Gasteiger partial charge in [0.1, 0.15) is 0 Å². The smallest absolute Gasteiger partial charge is 0.237 e. The first-order valence-corrected chi connectivity index (χ1v) is 7.19. The summed E-state index contributed by atoms with van der Waals surface area (Å²) in [6.45, 7) is 4.17. The summed E-state index contributed by atoms with van der Waals surface area (Å²) in [5, 5.41) is 3.10. The molecule has 2 atom stereocenters. The van der Waals surface area contributed by atoms with Crippen LogP contribution in [0.5, 0.6) is 0 Å². The van der Waals surface area contributed by atoms with Crippen molar-refractivity contribution < 1.29 is 4.79 Å². The van der Waals surface area contributed by atoms with Gasteiger partial charge in [-0.3, -0.25) is 4.79 Å². The van der Waals surface area contributed by atoms with Crippen LogP contribution in [0.3, 0.4) is 0 Å². The van der Waals surface area contributed by atoms with E-state index in [4.69, 9.17) is 5.73 Å². The number of benzene rings is 1. The van der Waals surface area contributed by atoms with Gasteiger partial charge in [0.2, 0.25) is 5.91 Å². The molecule has 0 radical (unpaired) electrons. The maximum atomic E-state index is 12.0. The molecule has 0 heterocycles. The zero-order valence-corrected chi connectivity index (χ0v) is 11.9. The van der Waals surface area contributed by atoms with E-state index in [0.29, 0.717) is 5.92 Å². The highest BCUT2D eigenvalue weighted by Gasteiger charge is 2.22. The van der Waals surface area contributed by atoms with Gasteiger partial charge < -0.3 is 11.1 Å². The Morgan fingerprint density at radius 3 is 2.74 bits per heavy atom. The summed E-state index contributed by atoms with van der Waals surface area (Å²) < 4.78 is 0. The number of carbonyl (C=O) groups excluding carboxylic acids is 1. The quantitative estimate of drug-likeness (QED) is 0.870. The van der Waals surface area contributed by atoms with Crippen LogP contribution in [0.25, 0.3) is 0 Å². The molecule has 3 N–H and O–H groups in total. The highest BCUT2D eigenvalue weighted by Crippen LogP contribution is 2.21. The van der Waals surface area contributed by atoms with Crippen molar-refractivity contribution in [2.75, 3.05) is 0 Å². The van der Waals surface area contributed by atoms with Gasteiger partial charge in [-0.1, -0.05) is 38.1 Å². The first kappa shape index (κ1) is 14.1.